The summed E-state index contributed by atoms with van der Waals surface area (Å²) in [6, 6.07) is 5.47. The molecule has 0 atom stereocenters. The third-order valence-corrected chi connectivity index (χ3v) is 3.87. The zero-order chi connectivity index (χ0) is 11.9. The Morgan fingerprint density at radius 1 is 1.25 bits per heavy atom. The number of halogens is 2. The van der Waals surface area contributed by atoms with Gasteiger partial charge in [0.2, 0.25) is 0 Å². The molecular weight excluding hydrogens is 245 g/mol. The zero-order valence-electron chi connectivity index (χ0n) is 9.26. The van der Waals surface area contributed by atoms with Crippen LogP contribution in [0.3, 0.4) is 0 Å². The summed E-state index contributed by atoms with van der Waals surface area (Å²) in [6.07, 6.45) is 0.591. The lowest BCUT2D eigenvalue weighted by Crippen LogP contribution is -2.42. The molecule has 0 N–H and O–H groups in total. The first-order chi connectivity index (χ1) is 7.43. The summed E-state index contributed by atoms with van der Waals surface area (Å²) >= 11 is 11.8. The summed E-state index contributed by atoms with van der Waals surface area (Å²) in [5.74, 6) is 0.263. The van der Waals surface area contributed by atoms with Gasteiger partial charge in [0.05, 0.1) is 15.6 Å². The molecule has 0 spiro atoms. The van der Waals surface area contributed by atoms with Crippen molar-refractivity contribution in [2.75, 3.05) is 11.4 Å². The van der Waals surface area contributed by atoms with Gasteiger partial charge < -0.3 is 4.90 Å². The van der Waals surface area contributed by atoms with Crippen molar-refractivity contribution in [1.82, 2.24) is 0 Å². The van der Waals surface area contributed by atoms with Gasteiger partial charge in [-0.1, -0.05) is 23.2 Å². The highest BCUT2D eigenvalue weighted by Gasteiger charge is 2.40. The maximum Gasteiger partial charge on any atom is 0.159 e. The molecule has 1 aliphatic heterocycles. The third-order valence-electron chi connectivity index (χ3n) is 3.13. The standard InChI is InChI=1S/C12H13Cl2NO/c1-12(2)11(16)5-6-15(12)8-3-4-9(13)10(14)7-8/h3-4,7H,5-6H2,1-2H3. The molecule has 0 amide bonds. The zero-order valence-corrected chi connectivity index (χ0v) is 10.8. The van der Waals surface area contributed by atoms with E-state index in [-0.39, 0.29) is 5.78 Å². The predicted octanol–water partition coefficient (Wildman–Crippen LogP) is 3.55. The van der Waals surface area contributed by atoms with Gasteiger partial charge in [-0.2, -0.15) is 0 Å². The number of hydrogen-bond acceptors (Lipinski definition) is 2. The lowest BCUT2D eigenvalue weighted by atomic mass is 10.00. The van der Waals surface area contributed by atoms with Gasteiger partial charge >= 0.3 is 0 Å². The summed E-state index contributed by atoms with van der Waals surface area (Å²) in [5.41, 5.74) is 0.502. The summed E-state index contributed by atoms with van der Waals surface area (Å²) < 4.78 is 0. The van der Waals surface area contributed by atoms with E-state index in [2.05, 4.69) is 4.90 Å². The molecule has 1 fully saturated rings. The fraction of sp³-hybridized carbons (Fsp3) is 0.417. The maximum atomic E-state index is 11.7. The van der Waals surface area contributed by atoms with Crippen LogP contribution in [-0.4, -0.2) is 17.9 Å². The highest BCUT2D eigenvalue weighted by Crippen LogP contribution is 2.34. The molecule has 0 aliphatic carbocycles. The van der Waals surface area contributed by atoms with Gasteiger partial charge in [0.25, 0.3) is 0 Å². The van der Waals surface area contributed by atoms with Crippen LogP contribution >= 0.6 is 23.2 Å². The molecule has 0 bridgehead atoms. The molecule has 1 aromatic carbocycles. The van der Waals surface area contributed by atoms with E-state index in [0.29, 0.717) is 16.5 Å². The van der Waals surface area contributed by atoms with Gasteiger partial charge in [0.15, 0.2) is 5.78 Å². The average molecular weight is 258 g/mol. The molecular formula is C12H13Cl2NO. The van der Waals surface area contributed by atoms with E-state index in [1.54, 1.807) is 6.07 Å². The number of benzene rings is 1. The molecule has 2 rings (SSSR count). The van der Waals surface area contributed by atoms with Gasteiger partial charge in [0.1, 0.15) is 0 Å². The minimum atomic E-state index is -0.447. The highest BCUT2D eigenvalue weighted by atomic mass is 35.5. The van der Waals surface area contributed by atoms with E-state index in [4.69, 9.17) is 23.2 Å². The molecule has 1 aliphatic rings. The second-order valence-electron chi connectivity index (χ2n) is 4.48. The molecule has 1 saturated heterocycles. The predicted molar refractivity (Wildman–Crippen MR) is 67.5 cm³/mol. The Kier molecular flexibility index (Phi) is 2.89. The number of rotatable bonds is 1. The van der Waals surface area contributed by atoms with E-state index in [1.807, 2.05) is 26.0 Å². The molecule has 2 nitrogen and oxygen atoms in total. The van der Waals surface area contributed by atoms with Gasteiger partial charge in [0, 0.05) is 18.7 Å². The van der Waals surface area contributed by atoms with Gasteiger partial charge in [-0.3, -0.25) is 4.79 Å². The van der Waals surface area contributed by atoms with E-state index in [9.17, 15) is 4.79 Å². The lowest BCUT2D eigenvalue weighted by molar-refractivity contribution is -0.120. The first-order valence-electron chi connectivity index (χ1n) is 5.19. The van der Waals surface area contributed by atoms with Crippen LogP contribution in [-0.2, 0) is 4.79 Å². The number of carbonyl (C=O) groups excluding carboxylic acids is 1. The van der Waals surface area contributed by atoms with E-state index >= 15 is 0 Å². The largest absolute Gasteiger partial charge is 0.359 e. The minimum Gasteiger partial charge on any atom is -0.359 e. The number of ketones is 1. The lowest BCUT2D eigenvalue weighted by Gasteiger charge is -2.32. The van der Waals surface area contributed by atoms with Crippen LogP contribution in [0.4, 0.5) is 5.69 Å². The summed E-state index contributed by atoms with van der Waals surface area (Å²) in [4.78, 5) is 13.8. The molecule has 0 saturated carbocycles. The van der Waals surface area contributed by atoms with E-state index in [1.165, 1.54) is 0 Å². The fourth-order valence-electron chi connectivity index (χ4n) is 2.05. The number of carbonyl (C=O) groups is 1. The van der Waals surface area contributed by atoms with Crippen molar-refractivity contribution in [1.29, 1.82) is 0 Å². The Bertz CT molecular complexity index is 443. The second kappa shape index (κ2) is 3.94. The van der Waals surface area contributed by atoms with Crippen LogP contribution in [0.15, 0.2) is 18.2 Å². The van der Waals surface area contributed by atoms with Crippen LogP contribution in [0.25, 0.3) is 0 Å². The average Bonchev–Trinajstić information content (AvgIpc) is 2.47. The van der Waals surface area contributed by atoms with Crippen LogP contribution in [0.1, 0.15) is 20.3 Å². The first kappa shape index (κ1) is 11.7. The number of nitrogens with zero attached hydrogens (tertiary/aromatic N) is 1. The maximum absolute atomic E-state index is 11.7. The van der Waals surface area contributed by atoms with Crippen LogP contribution < -0.4 is 4.90 Å². The Morgan fingerprint density at radius 2 is 1.94 bits per heavy atom. The number of anilines is 1. The van der Waals surface area contributed by atoms with Gasteiger partial charge in [-0.15, -0.1) is 0 Å². The Morgan fingerprint density at radius 3 is 2.44 bits per heavy atom. The molecule has 0 unspecified atom stereocenters. The Hall–Kier alpha value is -0.730. The topological polar surface area (TPSA) is 20.3 Å². The second-order valence-corrected chi connectivity index (χ2v) is 5.30. The van der Waals surface area contributed by atoms with Gasteiger partial charge in [-0.25, -0.2) is 0 Å². The summed E-state index contributed by atoms with van der Waals surface area (Å²) in [5, 5.41) is 1.06. The van der Waals surface area contributed by atoms with Crippen molar-refractivity contribution in [3.8, 4) is 0 Å². The quantitative estimate of drug-likeness (QED) is 0.767. The van der Waals surface area contributed by atoms with E-state index < -0.39 is 5.54 Å². The Labute approximate surface area is 105 Å². The highest BCUT2D eigenvalue weighted by molar-refractivity contribution is 6.42. The van der Waals surface area contributed by atoms with Crippen molar-refractivity contribution >= 4 is 34.7 Å². The van der Waals surface area contributed by atoms with Crippen LogP contribution in [0.2, 0.25) is 10.0 Å². The molecule has 4 heteroatoms. The molecule has 1 heterocycles. The smallest absolute Gasteiger partial charge is 0.159 e. The van der Waals surface area contributed by atoms with Crippen molar-refractivity contribution in [2.24, 2.45) is 0 Å². The SMILES string of the molecule is CC1(C)C(=O)CCN1c1ccc(Cl)c(Cl)c1. The monoisotopic (exact) mass is 257 g/mol. The van der Waals surface area contributed by atoms with Crippen molar-refractivity contribution in [3.63, 3.8) is 0 Å². The summed E-state index contributed by atoms with van der Waals surface area (Å²) in [6.45, 7) is 4.61. The molecule has 16 heavy (non-hydrogen) atoms. The van der Waals surface area contributed by atoms with Crippen molar-refractivity contribution < 1.29 is 4.79 Å². The minimum absolute atomic E-state index is 0.263. The normalized spacial score (nSPS) is 19.2. The Balaban J connectivity index is 2.38. The van der Waals surface area contributed by atoms with Crippen LogP contribution in [0, 0.1) is 0 Å². The number of Topliss-reactive ketones (excluding diaryl/α,β-unsaturated/α-hetero) is 1. The van der Waals surface area contributed by atoms with Crippen molar-refractivity contribution in [2.45, 2.75) is 25.8 Å². The van der Waals surface area contributed by atoms with Crippen LogP contribution in [0.5, 0.6) is 0 Å². The number of hydrogen-bond donors (Lipinski definition) is 0. The molecule has 86 valence electrons. The van der Waals surface area contributed by atoms with Crippen molar-refractivity contribution in [3.05, 3.63) is 28.2 Å². The van der Waals surface area contributed by atoms with E-state index in [0.717, 1.165) is 12.2 Å². The summed E-state index contributed by atoms with van der Waals surface area (Å²) in [7, 11) is 0. The molecule has 1 aromatic rings. The van der Waals surface area contributed by atoms with Gasteiger partial charge in [-0.05, 0) is 32.0 Å². The third kappa shape index (κ3) is 1.80. The molecule has 0 radical (unpaired) electrons. The fourth-order valence-corrected chi connectivity index (χ4v) is 2.35. The first-order valence-corrected chi connectivity index (χ1v) is 5.94. The molecule has 0 aromatic heterocycles.